The summed E-state index contributed by atoms with van der Waals surface area (Å²) in [5, 5.41) is 2.75. The van der Waals surface area contributed by atoms with Gasteiger partial charge in [0.1, 0.15) is 6.04 Å². The van der Waals surface area contributed by atoms with Crippen molar-refractivity contribution in [2.45, 2.75) is 51.5 Å². The molecule has 1 aromatic carbocycles. The Kier molecular flexibility index (Phi) is 3.84. The van der Waals surface area contributed by atoms with Crippen LogP contribution in [-0.2, 0) is 15.0 Å². The number of nitrogens with one attached hydrogen (secondary N) is 1. The van der Waals surface area contributed by atoms with E-state index in [4.69, 9.17) is 5.73 Å². The van der Waals surface area contributed by atoms with Crippen molar-refractivity contribution in [2.24, 2.45) is 5.73 Å². The number of benzene rings is 1. The van der Waals surface area contributed by atoms with E-state index < -0.39 is 17.4 Å². The van der Waals surface area contributed by atoms with E-state index in [-0.39, 0.29) is 5.91 Å². The lowest BCUT2D eigenvalue weighted by Crippen LogP contribution is -2.54. The molecule has 4 heteroatoms. The van der Waals surface area contributed by atoms with E-state index in [1.54, 1.807) is 6.92 Å². The van der Waals surface area contributed by atoms with Gasteiger partial charge in [-0.3, -0.25) is 9.59 Å². The van der Waals surface area contributed by atoms with Crippen molar-refractivity contribution >= 4 is 11.8 Å². The molecule has 1 aromatic rings. The monoisotopic (exact) mass is 274 g/mol. The van der Waals surface area contributed by atoms with Crippen LogP contribution in [0.5, 0.6) is 0 Å². The fourth-order valence-corrected chi connectivity index (χ4v) is 2.83. The molecule has 0 aliphatic heterocycles. The van der Waals surface area contributed by atoms with Crippen LogP contribution in [0.2, 0.25) is 0 Å². The van der Waals surface area contributed by atoms with Gasteiger partial charge >= 0.3 is 0 Å². The molecule has 2 rings (SSSR count). The maximum atomic E-state index is 12.6. The summed E-state index contributed by atoms with van der Waals surface area (Å²) in [6.45, 7) is 5.69. The van der Waals surface area contributed by atoms with Crippen LogP contribution < -0.4 is 11.1 Å². The molecule has 0 spiro atoms. The molecular formula is C16H22N2O2. The minimum absolute atomic E-state index is 0.0833. The summed E-state index contributed by atoms with van der Waals surface area (Å²) < 4.78 is 0. The van der Waals surface area contributed by atoms with Crippen LogP contribution in [0.25, 0.3) is 0 Å². The standard InChI is InChI=1S/C16H22N2O2/c1-10-7-11(2)9-13(8-10)16(5-4-6-16)15(20)18-12(3)14(17)19/h7-9,12H,4-6H2,1-3H3,(H2,17,19)(H,18,20). The predicted molar refractivity (Wildman–Crippen MR) is 78.2 cm³/mol. The summed E-state index contributed by atoms with van der Waals surface area (Å²) in [7, 11) is 0. The zero-order valence-electron chi connectivity index (χ0n) is 12.3. The Morgan fingerprint density at radius 1 is 1.20 bits per heavy atom. The quantitative estimate of drug-likeness (QED) is 0.877. The van der Waals surface area contributed by atoms with Crippen LogP contribution in [-0.4, -0.2) is 17.9 Å². The van der Waals surface area contributed by atoms with Gasteiger partial charge in [0.25, 0.3) is 0 Å². The van der Waals surface area contributed by atoms with Crippen molar-refractivity contribution in [1.82, 2.24) is 5.32 Å². The topological polar surface area (TPSA) is 72.2 Å². The zero-order chi connectivity index (χ0) is 14.9. The molecule has 20 heavy (non-hydrogen) atoms. The average Bonchev–Trinajstić information content (AvgIpc) is 2.25. The molecule has 108 valence electrons. The molecule has 0 bridgehead atoms. The first-order valence-electron chi connectivity index (χ1n) is 7.04. The minimum atomic E-state index is -0.633. The van der Waals surface area contributed by atoms with Crippen molar-refractivity contribution in [2.75, 3.05) is 0 Å². The van der Waals surface area contributed by atoms with Gasteiger partial charge < -0.3 is 11.1 Å². The molecule has 1 aliphatic rings. The largest absolute Gasteiger partial charge is 0.368 e. The van der Waals surface area contributed by atoms with Crippen LogP contribution >= 0.6 is 0 Å². The fourth-order valence-electron chi connectivity index (χ4n) is 2.83. The molecule has 0 heterocycles. The average molecular weight is 274 g/mol. The summed E-state index contributed by atoms with van der Waals surface area (Å²) in [6, 6.07) is 5.60. The van der Waals surface area contributed by atoms with Gasteiger partial charge in [0.05, 0.1) is 5.41 Å². The van der Waals surface area contributed by atoms with Gasteiger partial charge in [0.2, 0.25) is 11.8 Å². The Labute approximate surface area is 119 Å². The molecule has 0 aromatic heterocycles. The number of carbonyl (C=O) groups excluding carboxylic acids is 2. The van der Waals surface area contributed by atoms with E-state index in [0.717, 1.165) is 36.0 Å². The molecule has 1 unspecified atom stereocenters. The van der Waals surface area contributed by atoms with Crippen LogP contribution in [0.1, 0.15) is 42.9 Å². The molecule has 1 atom stereocenters. The van der Waals surface area contributed by atoms with Crippen molar-refractivity contribution in [3.05, 3.63) is 34.9 Å². The van der Waals surface area contributed by atoms with Gasteiger partial charge in [-0.15, -0.1) is 0 Å². The van der Waals surface area contributed by atoms with E-state index in [0.29, 0.717) is 0 Å². The van der Waals surface area contributed by atoms with E-state index in [1.165, 1.54) is 0 Å². The number of hydrogen-bond donors (Lipinski definition) is 2. The van der Waals surface area contributed by atoms with Crippen LogP contribution in [0, 0.1) is 13.8 Å². The Morgan fingerprint density at radius 3 is 2.15 bits per heavy atom. The molecule has 3 N–H and O–H groups in total. The van der Waals surface area contributed by atoms with E-state index in [2.05, 4.69) is 23.5 Å². The molecule has 0 saturated heterocycles. The number of amides is 2. The SMILES string of the molecule is Cc1cc(C)cc(C2(C(=O)NC(C)C(N)=O)CCC2)c1. The normalized spacial score (nSPS) is 17.9. The third-order valence-corrected chi connectivity index (χ3v) is 4.19. The highest BCUT2D eigenvalue weighted by Gasteiger charge is 2.46. The second kappa shape index (κ2) is 5.27. The first-order valence-corrected chi connectivity index (χ1v) is 7.04. The lowest BCUT2D eigenvalue weighted by molar-refractivity contribution is -0.133. The van der Waals surface area contributed by atoms with Crippen LogP contribution in [0.15, 0.2) is 18.2 Å². The van der Waals surface area contributed by atoms with E-state index in [1.807, 2.05) is 13.8 Å². The molecule has 1 saturated carbocycles. The Morgan fingerprint density at radius 2 is 1.75 bits per heavy atom. The van der Waals surface area contributed by atoms with E-state index >= 15 is 0 Å². The third kappa shape index (κ3) is 2.55. The van der Waals surface area contributed by atoms with Gasteiger partial charge in [-0.05, 0) is 39.2 Å². The number of aryl methyl sites for hydroxylation is 2. The second-order valence-electron chi connectivity index (χ2n) is 5.91. The predicted octanol–water partition coefficient (Wildman–Crippen LogP) is 1.72. The lowest BCUT2D eigenvalue weighted by Gasteiger charge is -2.41. The summed E-state index contributed by atoms with van der Waals surface area (Å²) >= 11 is 0. The smallest absolute Gasteiger partial charge is 0.239 e. The van der Waals surface area contributed by atoms with Crippen LogP contribution in [0.3, 0.4) is 0 Å². The van der Waals surface area contributed by atoms with Crippen LogP contribution in [0.4, 0.5) is 0 Å². The van der Waals surface area contributed by atoms with Gasteiger partial charge in [0.15, 0.2) is 0 Å². The van der Waals surface area contributed by atoms with Gasteiger partial charge in [0, 0.05) is 0 Å². The number of hydrogen-bond acceptors (Lipinski definition) is 2. The maximum absolute atomic E-state index is 12.6. The number of nitrogens with two attached hydrogens (primary N) is 1. The maximum Gasteiger partial charge on any atom is 0.239 e. The third-order valence-electron chi connectivity index (χ3n) is 4.19. The number of rotatable bonds is 4. The first-order chi connectivity index (χ1) is 9.35. The number of carbonyl (C=O) groups is 2. The summed E-state index contributed by atoms with van der Waals surface area (Å²) in [5.74, 6) is -0.590. The Balaban J connectivity index is 2.29. The van der Waals surface area contributed by atoms with Gasteiger partial charge in [-0.25, -0.2) is 0 Å². The molecule has 0 radical (unpaired) electrons. The molecule has 1 fully saturated rings. The minimum Gasteiger partial charge on any atom is -0.368 e. The number of primary amides is 1. The van der Waals surface area contributed by atoms with Crippen molar-refractivity contribution in [1.29, 1.82) is 0 Å². The van der Waals surface area contributed by atoms with Crippen molar-refractivity contribution in [3.63, 3.8) is 0 Å². The highest BCUT2D eigenvalue weighted by Crippen LogP contribution is 2.44. The molecular weight excluding hydrogens is 252 g/mol. The molecule has 1 aliphatic carbocycles. The van der Waals surface area contributed by atoms with Gasteiger partial charge in [-0.1, -0.05) is 35.7 Å². The summed E-state index contributed by atoms with van der Waals surface area (Å²) in [4.78, 5) is 23.7. The zero-order valence-corrected chi connectivity index (χ0v) is 12.3. The Hall–Kier alpha value is -1.84. The fraction of sp³-hybridized carbons (Fsp3) is 0.500. The van der Waals surface area contributed by atoms with Gasteiger partial charge in [-0.2, -0.15) is 0 Å². The highest BCUT2D eigenvalue weighted by atomic mass is 16.2. The first kappa shape index (κ1) is 14.6. The second-order valence-corrected chi connectivity index (χ2v) is 5.91. The summed E-state index contributed by atoms with van der Waals surface area (Å²) in [5.41, 5.74) is 8.10. The van der Waals surface area contributed by atoms with Crippen molar-refractivity contribution < 1.29 is 9.59 Å². The highest BCUT2D eigenvalue weighted by molar-refractivity contribution is 5.93. The lowest BCUT2D eigenvalue weighted by atomic mass is 9.63. The van der Waals surface area contributed by atoms with Crippen molar-refractivity contribution in [3.8, 4) is 0 Å². The van der Waals surface area contributed by atoms with E-state index in [9.17, 15) is 9.59 Å². The molecule has 4 nitrogen and oxygen atoms in total. The molecule has 2 amide bonds. The summed E-state index contributed by atoms with van der Waals surface area (Å²) in [6.07, 6.45) is 2.69. The Bertz CT molecular complexity index is 527.